The number of aliphatic hydroxyl groups excluding tert-OH is 1. The van der Waals surface area contributed by atoms with Gasteiger partial charge in [0.1, 0.15) is 11.5 Å². The maximum atomic E-state index is 11.0. The van der Waals surface area contributed by atoms with Crippen LogP contribution in [0.5, 0.6) is 11.5 Å². The van der Waals surface area contributed by atoms with Gasteiger partial charge < -0.3 is 9.84 Å². The molecule has 0 amide bonds. The minimum absolute atomic E-state index is 0.160. The van der Waals surface area contributed by atoms with E-state index in [0.717, 1.165) is 11.1 Å². The monoisotopic (exact) mass is 285 g/mol. The first-order valence-corrected chi connectivity index (χ1v) is 6.79. The number of fused-ring (bicyclic) bond motifs is 2. The Balaban J connectivity index is 2.18. The molecule has 0 spiro atoms. The molecule has 21 heavy (non-hydrogen) atoms. The summed E-state index contributed by atoms with van der Waals surface area (Å²) in [5.41, 5.74) is 1.58. The standard InChI is InChI=1S/C16H15NO4/c18-10-14-12-6-2-4-8-16(12)21-15-7-3-1-5-11(15)13(14)9-17(19)20/h1-8,13-14,18H,9-10H2/t13-,14-/m1/s1. The average molecular weight is 285 g/mol. The molecule has 0 unspecified atom stereocenters. The first kappa shape index (κ1) is 13.6. The number of nitro groups is 1. The molecule has 1 aliphatic rings. The van der Waals surface area contributed by atoms with Gasteiger partial charge in [-0.1, -0.05) is 36.4 Å². The highest BCUT2D eigenvalue weighted by molar-refractivity contribution is 5.49. The fourth-order valence-electron chi connectivity index (χ4n) is 2.92. The van der Waals surface area contributed by atoms with Crippen LogP contribution in [-0.2, 0) is 0 Å². The predicted octanol–water partition coefficient (Wildman–Crippen LogP) is 2.93. The van der Waals surface area contributed by atoms with Gasteiger partial charge in [0.15, 0.2) is 0 Å². The molecule has 5 nitrogen and oxygen atoms in total. The van der Waals surface area contributed by atoms with E-state index in [-0.39, 0.29) is 24.0 Å². The van der Waals surface area contributed by atoms with E-state index < -0.39 is 5.92 Å². The lowest BCUT2D eigenvalue weighted by Gasteiger charge is -2.21. The van der Waals surface area contributed by atoms with Gasteiger partial charge in [0, 0.05) is 22.0 Å². The number of rotatable bonds is 3. The van der Waals surface area contributed by atoms with E-state index >= 15 is 0 Å². The van der Waals surface area contributed by atoms with Crippen LogP contribution in [0, 0.1) is 10.1 Å². The summed E-state index contributed by atoms with van der Waals surface area (Å²) in [6, 6.07) is 14.7. The molecule has 5 heteroatoms. The molecule has 2 aromatic carbocycles. The average Bonchev–Trinajstić information content (AvgIpc) is 2.61. The van der Waals surface area contributed by atoms with Crippen molar-refractivity contribution in [1.82, 2.24) is 0 Å². The normalized spacial score (nSPS) is 19.9. The summed E-state index contributed by atoms with van der Waals surface area (Å²) in [5, 5.41) is 20.8. The Labute approximate surface area is 122 Å². The second kappa shape index (κ2) is 5.54. The number of aliphatic hydroxyl groups is 1. The molecule has 1 N–H and O–H groups in total. The second-order valence-electron chi connectivity index (χ2n) is 5.09. The van der Waals surface area contributed by atoms with Crippen molar-refractivity contribution in [1.29, 1.82) is 0 Å². The Morgan fingerprint density at radius 3 is 2.05 bits per heavy atom. The summed E-state index contributed by atoms with van der Waals surface area (Å²) in [6.07, 6.45) is 0. The van der Waals surface area contributed by atoms with Crippen molar-refractivity contribution < 1.29 is 14.8 Å². The van der Waals surface area contributed by atoms with E-state index in [1.54, 1.807) is 6.07 Å². The number of hydrogen-bond donors (Lipinski definition) is 1. The van der Waals surface area contributed by atoms with Gasteiger partial charge in [-0.05, 0) is 12.1 Å². The molecule has 108 valence electrons. The third-order valence-corrected chi connectivity index (χ3v) is 3.89. The Morgan fingerprint density at radius 1 is 1.00 bits per heavy atom. The maximum absolute atomic E-state index is 11.0. The summed E-state index contributed by atoms with van der Waals surface area (Å²) in [7, 11) is 0. The molecule has 3 rings (SSSR count). The van der Waals surface area contributed by atoms with Crippen LogP contribution in [0.25, 0.3) is 0 Å². The zero-order chi connectivity index (χ0) is 14.8. The number of ether oxygens (including phenoxy) is 1. The van der Waals surface area contributed by atoms with E-state index in [4.69, 9.17) is 4.74 Å². The highest BCUT2D eigenvalue weighted by Gasteiger charge is 2.35. The Hall–Kier alpha value is -2.40. The van der Waals surface area contributed by atoms with Gasteiger partial charge >= 0.3 is 0 Å². The molecule has 0 saturated carbocycles. The molecule has 0 aliphatic carbocycles. The Morgan fingerprint density at radius 2 is 1.52 bits per heavy atom. The summed E-state index contributed by atoms with van der Waals surface area (Å²) in [4.78, 5) is 10.7. The zero-order valence-corrected chi connectivity index (χ0v) is 11.3. The van der Waals surface area contributed by atoms with Crippen LogP contribution in [0.1, 0.15) is 23.0 Å². The lowest BCUT2D eigenvalue weighted by molar-refractivity contribution is -0.484. The molecule has 1 aliphatic heterocycles. The third-order valence-electron chi connectivity index (χ3n) is 3.89. The van der Waals surface area contributed by atoms with Gasteiger partial charge in [0.05, 0.1) is 12.5 Å². The zero-order valence-electron chi connectivity index (χ0n) is 11.3. The summed E-state index contributed by atoms with van der Waals surface area (Å²) < 4.78 is 5.91. The molecular formula is C16H15NO4. The molecule has 2 atom stereocenters. The fraction of sp³-hybridized carbons (Fsp3) is 0.250. The van der Waals surface area contributed by atoms with Crippen molar-refractivity contribution in [2.75, 3.05) is 13.2 Å². The maximum Gasteiger partial charge on any atom is 0.211 e. The SMILES string of the molecule is O=[N+]([O-])C[C@@H]1c2ccccc2Oc2ccccc2[C@H]1CO. The molecule has 0 saturated heterocycles. The quantitative estimate of drug-likeness (QED) is 0.695. The van der Waals surface area contributed by atoms with Crippen LogP contribution in [-0.4, -0.2) is 23.2 Å². The van der Waals surface area contributed by atoms with Crippen LogP contribution < -0.4 is 4.74 Å². The summed E-state index contributed by atoms with van der Waals surface area (Å²) in [5.74, 6) is 0.502. The third kappa shape index (κ3) is 2.48. The van der Waals surface area contributed by atoms with Crippen LogP contribution in [0.4, 0.5) is 0 Å². The highest BCUT2D eigenvalue weighted by atomic mass is 16.6. The van der Waals surface area contributed by atoms with E-state index in [0.29, 0.717) is 11.5 Å². The van der Waals surface area contributed by atoms with Gasteiger partial charge in [0.2, 0.25) is 6.54 Å². The van der Waals surface area contributed by atoms with Crippen molar-refractivity contribution in [3.05, 3.63) is 69.8 Å². The molecule has 0 fully saturated rings. The highest BCUT2D eigenvalue weighted by Crippen LogP contribution is 2.45. The first-order valence-electron chi connectivity index (χ1n) is 6.79. The minimum atomic E-state index is -0.412. The molecule has 1 heterocycles. The Bertz CT molecular complexity index is 671. The van der Waals surface area contributed by atoms with Crippen LogP contribution in [0.2, 0.25) is 0 Å². The van der Waals surface area contributed by atoms with Crippen LogP contribution in [0.15, 0.2) is 48.5 Å². The van der Waals surface area contributed by atoms with Crippen LogP contribution in [0.3, 0.4) is 0 Å². The number of benzene rings is 2. The molecule has 0 aromatic heterocycles. The number of para-hydroxylation sites is 2. The predicted molar refractivity (Wildman–Crippen MR) is 77.4 cm³/mol. The van der Waals surface area contributed by atoms with Crippen molar-refractivity contribution in [3.8, 4) is 11.5 Å². The first-order chi connectivity index (χ1) is 10.2. The molecular weight excluding hydrogens is 270 g/mol. The summed E-state index contributed by atoms with van der Waals surface area (Å²) >= 11 is 0. The van der Waals surface area contributed by atoms with Gasteiger partial charge in [-0.15, -0.1) is 0 Å². The lowest BCUT2D eigenvalue weighted by Crippen LogP contribution is -2.21. The minimum Gasteiger partial charge on any atom is -0.457 e. The van der Waals surface area contributed by atoms with E-state index in [2.05, 4.69) is 0 Å². The molecule has 2 aromatic rings. The number of nitrogens with zero attached hydrogens (tertiary/aromatic N) is 1. The van der Waals surface area contributed by atoms with Gasteiger partial charge in [0.25, 0.3) is 0 Å². The fourth-order valence-corrected chi connectivity index (χ4v) is 2.92. The number of hydrogen-bond acceptors (Lipinski definition) is 4. The van der Waals surface area contributed by atoms with Crippen LogP contribution >= 0.6 is 0 Å². The second-order valence-corrected chi connectivity index (χ2v) is 5.09. The summed E-state index contributed by atoms with van der Waals surface area (Å²) in [6.45, 7) is -0.396. The molecule has 0 bridgehead atoms. The van der Waals surface area contributed by atoms with Crippen molar-refractivity contribution >= 4 is 0 Å². The Kier molecular flexibility index (Phi) is 3.58. The van der Waals surface area contributed by atoms with Gasteiger partial charge in [-0.2, -0.15) is 0 Å². The van der Waals surface area contributed by atoms with Crippen molar-refractivity contribution in [3.63, 3.8) is 0 Å². The van der Waals surface area contributed by atoms with E-state index in [1.165, 1.54) is 0 Å². The molecule has 0 radical (unpaired) electrons. The van der Waals surface area contributed by atoms with Gasteiger partial charge in [-0.25, -0.2) is 0 Å². The van der Waals surface area contributed by atoms with E-state index in [1.807, 2.05) is 42.5 Å². The topological polar surface area (TPSA) is 72.6 Å². The van der Waals surface area contributed by atoms with Crippen molar-refractivity contribution in [2.45, 2.75) is 11.8 Å². The van der Waals surface area contributed by atoms with Gasteiger partial charge in [-0.3, -0.25) is 10.1 Å². The largest absolute Gasteiger partial charge is 0.457 e. The van der Waals surface area contributed by atoms with Crippen molar-refractivity contribution in [2.24, 2.45) is 0 Å². The van der Waals surface area contributed by atoms with E-state index in [9.17, 15) is 15.2 Å². The smallest absolute Gasteiger partial charge is 0.211 e. The lowest BCUT2D eigenvalue weighted by atomic mass is 9.82.